The van der Waals surface area contributed by atoms with E-state index in [1.807, 2.05) is 44.2 Å². The number of fused-ring (bicyclic) bond motifs is 2. The molecule has 2 bridgehead atoms. The third kappa shape index (κ3) is 8.28. The maximum absolute atomic E-state index is 14.1. The van der Waals surface area contributed by atoms with Gasteiger partial charge in [-0.15, -0.1) is 0 Å². The van der Waals surface area contributed by atoms with Crippen LogP contribution in [0.3, 0.4) is 0 Å². The molecule has 0 amide bonds. The minimum Gasteiger partial charge on any atom is -0.467 e. The number of benzene rings is 1. The lowest BCUT2D eigenvalue weighted by Crippen LogP contribution is -2.74. The van der Waals surface area contributed by atoms with E-state index in [-0.39, 0.29) is 36.3 Å². The number of hydrogen-bond acceptors (Lipinski definition) is 14. The van der Waals surface area contributed by atoms with Crippen LogP contribution in [0.1, 0.15) is 83.6 Å². The minimum absolute atomic E-state index is 0.0349. The van der Waals surface area contributed by atoms with Crippen LogP contribution < -0.4 is 0 Å². The molecule has 2 aromatic rings. The van der Waals surface area contributed by atoms with Crippen molar-refractivity contribution in [2.45, 2.75) is 115 Å². The number of nitrogens with one attached hydrogen (secondary N) is 1. The molecule has 10 atom stereocenters. The summed E-state index contributed by atoms with van der Waals surface area (Å²) >= 11 is 0. The standard InChI is InChI=1S/C39H53N3O12/c1-10-22(2)20-23(3)16-17-29(44)52-32-31(45)37(19-18-24(4)30(51-27(7)43)25(5)21-28-14-12-11-13-15-28)53-33(34-40-26(6)41-42-34)38(48,35(46)49-8)39(32,54-37)36(47)50-9/h11-17,22-23,25,30-33,45,48H,4,10,18-21H2,1-3,5-9H3,(H,40,41,42)/b17-16+/t22-,23+,25+,30+,31+,32+,33+,37-,38+,39-/m0/s1. The Morgan fingerprint density at radius 2 is 1.76 bits per heavy atom. The van der Waals surface area contributed by atoms with Gasteiger partial charge < -0.3 is 38.6 Å². The summed E-state index contributed by atoms with van der Waals surface area (Å²) in [5.74, 6) is -6.60. The number of H-pyrrole nitrogens is 1. The van der Waals surface area contributed by atoms with Crippen LogP contribution in [0.4, 0.5) is 0 Å². The van der Waals surface area contributed by atoms with E-state index in [1.165, 1.54) is 13.8 Å². The van der Waals surface area contributed by atoms with E-state index in [1.54, 1.807) is 6.08 Å². The molecule has 2 saturated heterocycles. The zero-order valence-electron chi connectivity index (χ0n) is 32.2. The number of hydrogen-bond donors (Lipinski definition) is 3. The first-order chi connectivity index (χ1) is 25.5. The summed E-state index contributed by atoms with van der Waals surface area (Å²) < 4.78 is 34.3. The van der Waals surface area contributed by atoms with Crippen molar-refractivity contribution in [3.8, 4) is 0 Å². The van der Waals surface area contributed by atoms with Crippen LogP contribution >= 0.6 is 0 Å². The molecule has 0 saturated carbocycles. The molecule has 2 aliphatic heterocycles. The molecule has 0 unspecified atom stereocenters. The molecule has 296 valence electrons. The van der Waals surface area contributed by atoms with E-state index < -0.39 is 65.3 Å². The van der Waals surface area contributed by atoms with Crippen LogP contribution in [-0.4, -0.2) is 98.8 Å². The molecule has 3 N–H and O–H groups in total. The first-order valence-corrected chi connectivity index (χ1v) is 18.1. The van der Waals surface area contributed by atoms with E-state index in [2.05, 4.69) is 35.6 Å². The molecule has 0 radical (unpaired) electrons. The summed E-state index contributed by atoms with van der Waals surface area (Å²) in [6.45, 7) is 15.0. The maximum atomic E-state index is 14.1. The number of carbonyl (C=O) groups is 4. The summed E-state index contributed by atoms with van der Waals surface area (Å²) in [7, 11) is 1.93. The number of aromatic nitrogens is 3. The highest BCUT2D eigenvalue weighted by atomic mass is 16.8. The van der Waals surface area contributed by atoms with Crippen LogP contribution in [-0.2, 0) is 54.0 Å². The van der Waals surface area contributed by atoms with Crippen LogP contribution in [0.25, 0.3) is 0 Å². The van der Waals surface area contributed by atoms with Gasteiger partial charge in [-0.2, -0.15) is 5.10 Å². The zero-order chi connectivity index (χ0) is 40.0. The first kappa shape index (κ1) is 42.3. The summed E-state index contributed by atoms with van der Waals surface area (Å²) in [6, 6.07) is 9.59. The van der Waals surface area contributed by atoms with Gasteiger partial charge in [0.25, 0.3) is 5.60 Å². The van der Waals surface area contributed by atoms with Crippen molar-refractivity contribution in [1.29, 1.82) is 0 Å². The molecule has 3 heterocycles. The van der Waals surface area contributed by atoms with Crippen molar-refractivity contribution in [1.82, 2.24) is 15.2 Å². The van der Waals surface area contributed by atoms with Gasteiger partial charge >= 0.3 is 23.9 Å². The quantitative estimate of drug-likeness (QED) is 0.0910. The molecule has 0 aliphatic carbocycles. The number of methoxy groups -OCH3 is 2. The van der Waals surface area contributed by atoms with Crippen molar-refractivity contribution < 1.29 is 57.8 Å². The summed E-state index contributed by atoms with van der Waals surface area (Å²) in [6.07, 6.45) is -2.17. The molecular weight excluding hydrogens is 702 g/mol. The Kier molecular flexibility index (Phi) is 13.6. The number of aliphatic hydroxyl groups excluding tert-OH is 1. The summed E-state index contributed by atoms with van der Waals surface area (Å²) in [5.41, 5.74) is -4.74. The van der Waals surface area contributed by atoms with Gasteiger partial charge in [0.15, 0.2) is 18.0 Å². The van der Waals surface area contributed by atoms with Crippen molar-refractivity contribution in [2.75, 3.05) is 14.2 Å². The summed E-state index contributed by atoms with van der Waals surface area (Å²) in [4.78, 5) is 57.9. The van der Waals surface area contributed by atoms with E-state index in [0.29, 0.717) is 17.9 Å². The van der Waals surface area contributed by atoms with E-state index >= 15 is 0 Å². The van der Waals surface area contributed by atoms with Crippen molar-refractivity contribution in [3.05, 3.63) is 71.8 Å². The van der Waals surface area contributed by atoms with Crippen LogP contribution in [0.5, 0.6) is 0 Å². The molecule has 2 aliphatic rings. The molecule has 0 spiro atoms. The second kappa shape index (κ2) is 17.4. The van der Waals surface area contributed by atoms with E-state index in [4.69, 9.17) is 28.4 Å². The number of ether oxygens (including phenoxy) is 6. The summed E-state index contributed by atoms with van der Waals surface area (Å²) in [5, 5.41) is 31.3. The normalized spacial score (nSPS) is 28.4. The Morgan fingerprint density at radius 1 is 1.09 bits per heavy atom. The molecule has 15 heteroatoms. The molecular formula is C39H53N3O12. The van der Waals surface area contributed by atoms with Crippen LogP contribution in [0.2, 0.25) is 0 Å². The fourth-order valence-corrected chi connectivity index (χ4v) is 7.37. The average Bonchev–Trinajstić information content (AvgIpc) is 3.67. The maximum Gasteiger partial charge on any atom is 0.346 e. The number of esters is 4. The Hall–Kier alpha value is -4.44. The van der Waals surface area contributed by atoms with Gasteiger partial charge in [-0.3, -0.25) is 9.89 Å². The second-order valence-corrected chi connectivity index (χ2v) is 14.4. The number of carbonyl (C=O) groups excluding carboxylic acids is 4. The SMILES string of the molecule is C=C(CC[C@]12O[C@H](c3nc(C)n[nH]3)[C@@](O)(C(=O)OC)[C@](C(=O)OC)(O1)[C@H](OC(=O)/C=C/[C@@H](C)C[C@@H](C)CC)[C@H]2O)[C@@H](OC(C)=O)[C@H](C)Cc1ccccc1. The van der Waals surface area contributed by atoms with Gasteiger partial charge in [0, 0.05) is 25.3 Å². The minimum atomic E-state index is -3.18. The Balaban J connectivity index is 1.80. The number of allylic oxidation sites excluding steroid dienone is 1. The molecule has 1 aromatic heterocycles. The van der Waals surface area contributed by atoms with Gasteiger partial charge in [0.1, 0.15) is 18.0 Å². The molecule has 15 nitrogen and oxygen atoms in total. The second-order valence-electron chi connectivity index (χ2n) is 14.4. The molecule has 54 heavy (non-hydrogen) atoms. The van der Waals surface area contributed by atoms with E-state index in [9.17, 15) is 29.4 Å². The predicted molar refractivity (Wildman–Crippen MR) is 192 cm³/mol. The lowest BCUT2D eigenvalue weighted by atomic mass is 9.74. The third-order valence-electron chi connectivity index (χ3n) is 10.3. The first-order valence-electron chi connectivity index (χ1n) is 18.1. The number of aromatic amines is 1. The fourth-order valence-electron chi connectivity index (χ4n) is 7.37. The smallest absolute Gasteiger partial charge is 0.346 e. The third-order valence-corrected chi connectivity index (χ3v) is 10.3. The van der Waals surface area contributed by atoms with Crippen LogP contribution in [0.15, 0.2) is 54.6 Å². The largest absolute Gasteiger partial charge is 0.467 e. The topological polar surface area (TPSA) is 206 Å². The molecule has 4 rings (SSSR count). The fraction of sp³-hybridized carbons (Fsp3) is 0.590. The van der Waals surface area contributed by atoms with Gasteiger partial charge in [0.2, 0.25) is 11.4 Å². The predicted octanol–water partition coefficient (Wildman–Crippen LogP) is 3.77. The average molecular weight is 756 g/mol. The zero-order valence-corrected chi connectivity index (χ0v) is 32.2. The van der Waals surface area contributed by atoms with Gasteiger partial charge in [-0.05, 0) is 49.2 Å². The lowest BCUT2D eigenvalue weighted by molar-refractivity contribution is -0.384. The van der Waals surface area contributed by atoms with Gasteiger partial charge in [-0.25, -0.2) is 19.4 Å². The van der Waals surface area contributed by atoms with Crippen molar-refractivity contribution >= 4 is 23.9 Å². The molecule has 2 fully saturated rings. The molecule has 1 aromatic carbocycles. The highest BCUT2D eigenvalue weighted by Crippen LogP contribution is 2.59. The number of aliphatic hydroxyl groups is 2. The lowest BCUT2D eigenvalue weighted by Gasteiger charge is -2.50. The number of nitrogens with zero attached hydrogens (tertiary/aromatic N) is 2. The highest BCUT2D eigenvalue weighted by Gasteiger charge is 2.85. The Labute approximate surface area is 315 Å². The van der Waals surface area contributed by atoms with E-state index in [0.717, 1.165) is 38.7 Å². The number of rotatable bonds is 17. The highest BCUT2D eigenvalue weighted by molar-refractivity contribution is 5.95. The Bertz CT molecular complexity index is 1700. The van der Waals surface area contributed by atoms with Crippen molar-refractivity contribution in [2.24, 2.45) is 17.8 Å². The van der Waals surface area contributed by atoms with Crippen molar-refractivity contribution in [3.63, 3.8) is 0 Å². The monoisotopic (exact) mass is 755 g/mol. The Morgan fingerprint density at radius 3 is 2.33 bits per heavy atom. The van der Waals surface area contributed by atoms with Crippen LogP contribution in [0, 0.1) is 24.7 Å². The van der Waals surface area contributed by atoms with Gasteiger partial charge in [0.05, 0.1) is 14.2 Å². The van der Waals surface area contributed by atoms with Gasteiger partial charge in [-0.1, -0.05) is 77.1 Å². The number of aryl methyl sites for hydroxylation is 1.